The summed E-state index contributed by atoms with van der Waals surface area (Å²) in [5, 5.41) is 21.1. The number of fused-ring (bicyclic) bond motifs is 3. The zero-order valence-electron chi connectivity index (χ0n) is 19.8. The van der Waals surface area contributed by atoms with Crippen LogP contribution < -0.4 is 19.6 Å². The Balaban J connectivity index is 1.94. The average molecular weight is 464 g/mol. The normalized spacial score (nSPS) is 14.7. The van der Waals surface area contributed by atoms with Crippen molar-refractivity contribution in [2.24, 2.45) is 0 Å². The van der Waals surface area contributed by atoms with E-state index in [-0.39, 0.29) is 28.7 Å². The summed E-state index contributed by atoms with van der Waals surface area (Å²) in [4.78, 5) is 15.1. The standard InChI is InChI=1S/C27H29NO6/c1-28(15-17-7-5-6-8-21(17)29)20-11-9-16-13-24(33-3)26(31)27(34-4)25(16)18-10-12-23(32-2)22(30)14-19(18)20/h5-8,10,12-14,20,29,31H,9,11,15H2,1-4H3/t20-/m0/s1. The quantitative estimate of drug-likeness (QED) is 0.564. The van der Waals surface area contributed by atoms with Crippen LogP contribution in [0.1, 0.15) is 29.2 Å². The van der Waals surface area contributed by atoms with Crippen LogP contribution in [0.4, 0.5) is 0 Å². The maximum atomic E-state index is 13.0. The highest BCUT2D eigenvalue weighted by molar-refractivity contribution is 5.82. The van der Waals surface area contributed by atoms with Gasteiger partial charge in [0.15, 0.2) is 17.2 Å². The van der Waals surface area contributed by atoms with Gasteiger partial charge in [-0.15, -0.1) is 0 Å². The van der Waals surface area contributed by atoms with Gasteiger partial charge in [0.05, 0.1) is 21.3 Å². The van der Waals surface area contributed by atoms with Crippen molar-refractivity contribution >= 4 is 0 Å². The lowest BCUT2D eigenvalue weighted by atomic mass is 9.95. The zero-order valence-corrected chi connectivity index (χ0v) is 19.8. The number of aryl methyl sites for hydroxylation is 1. The van der Waals surface area contributed by atoms with E-state index in [0.717, 1.165) is 27.8 Å². The number of phenolic OH excluding ortho intramolecular Hbond substituents is 2. The molecule has 0 unspecified atom stereocenters. The monoisotopic (exact) mass is 463 g/mol. The van der Waals surface area contributed by atoms with Gasteiger partial charge in [0.25, 0.3) is 0 Å². The largest absolute Gasteiger partial charge is 0.508 e. The fourth-order valence-electron chi connectivity index (χ4n) is 4.75. The zero-order chi connectivity index (χ0) is 24.4. The molecule has 3 aromatic rings. The molecule has 1 atom stereocenters. The number of rotatable bonds is 6. The number of para-hydroxylation sites is 1. The lowest BCUT2D eigenvalue weighted by molar-refractivity contribution is 0.223. The summed E-state index contributed by atoms with van der Waals surface area (Å²) in [5.74, 6) is 1.01. The van der Waals surface area contributed by atoms with Crippen molar-refractivity contribution < 1.29 is 24.4 Å². The first-order chi connectivity index (χ1) is 16.4. The van der Waals surface area contributed by atoms with Gasteiger partial charge in [-0.25, -0.2) is 0 Å². The first kappa shape index (κ1) is 23.4. The van der Waals surface area contributed by atoms with Crippen LogP contribution >= 0.6 is 0 Å². The van der Waals surface area contributed by atoms with Gasteiger partial charge in [0, 0.05) is 23.7 Å². The van der Waals surface area contributed by atoms with Gasteiger partial charge in [0.1, 0.15) is 5.75 Å². The first-order valence-corrected chi connectivity index (χ1v) is 11.1. The van der Waals surface area contributed by atoms with Crippen LogP contribution in [-0.4, -0.2) is 43.5 Å². The Bertz CT molecular complexity index is 1270. The Morgan fingerprint density at radius 2 is 1.71 bits per heavy atom. The van der Waals surface area contributed by atoms with E-state index >= 15 is 0 Å². The van der Waals surface area contributed by atoms with Crippen molar-refractivity contribution in [3.8, 4) is 39.9 Å². The van der Waals surface area contributed by atoms with E-state index in [9.17, 15) is 15.0 Å². The molecule has 0 spiro atoms. The van der Waals surface area contributed by atoms with Crippen molar-refractivity contribution in [1.29, 1.82) is 0 Å². The molecule has 7 heteroatoms. The summed E-state index contributed by atoms with van der Waals surface area (Å²) in [6.45, 7) is 0.489. The third kappa shape index (κ3) is 4.15. The summed E-state index contributed by atoms with van der Waals surface area (Å²) >= 11 is 0. The lowest BCUT2D eigenvalue weighted by Gasteiger charge is -2.28. The highest BCUT2D eigenvalue weighted by atomic mass is 16.5. The average Bonchev–Trinajstić information content (AvgIpc) is 3.08. The Kier molecular flexibility index (Phi) is 6.65. The molecule has 178 valence electrons. The van der Waals surface area contributed by atoms with E-state index in [1.165, 1.54) is 21.3 Å². The van der Waals surface area contributed by atoms with Gasteiger partial charge in [-0.05, 0) is 60.8 Å². The van der Waals surface area contributed by atoms with Crippen LogP contribution in [0.2, 0.25) is 0 Å². The first-order valence-electron chi connectivity index (χ1n) is 11.1. The van der Waals surface area contributed by atoms with Gasteiger partial charge >= 0.3 is 0 Å². The molecule has 0 saturated heterocycles. The van der Waals surface area contributed by atoms with Crippen LogP contribution in [0.25, 0.3) is 11.1 Å². The highest BCUT2D eigenvalue weighted by Crippen LogP contribution is 2.50. The molecular weight excluding hydrogens is 434 g/mol. The molecule has 7 nitrogen and oxygen atoms in total. The van der Waals surface area contributed by atoms with Crippen molar-refractivity contribution in [3.63, 3.8) is 0 Å². The molecular formula is C27H29NO6. The molecule has 4 rings (SSSR count). The summed E-state index contributed by atoms with van der Waals surface area (Å²) in [6, 6.07) is 14.0. The molecule has 34 heavy (non-hydrogen) atoms. The molecule has 0 bridgehead atoms. The van der Waals surface area contributed by atoms with Gasteiger partial charge in [-0.1, -0.05) is 24.3 Å². The molecule has 2 N–H and O–H groups in total. The molecule has 0 radical (unpaired) electrons. The van der Waals surface area contributed by atoms with E-state index in [1.807, 2.05) is 31.3 Å². The van der Waals surface area contributed by atoms with E-state index < -0.39 is 0 Å². The van der Waals surface area contributed by atoms with Crippen LogP contribution in [0.15, 0.2) is 53.3 Å². The fraction of sp³-hybridized carbons (Fsp3) is 0.296. The molecule has 0 fully saturated rings. The van der Waals surface area contributed by atoms with Crippen LogP contribution in [0.3, 0.4) is 0 Å². The highest BCUT2D eigenvalue weighted by Gasteiger charge is 2.30. The van der Waals surface area contributed by atoms with Crippen molar-refractivity contribution in [3.05, 3.63) is 75.4 Å². The van der Waals surface area contributed by atoms with Gasteiger partial charge in [-0.2, -0.15) is 0 Å². The molecule has 0 aromatic heterocycles. The summed E-state index contributed by atoms with van der Waals surface area (Å²) in [6.07, 6.45) is 1.37. The van der Waals surface area contributed by atoms with Crippen molar-refractivity contribution in [2.75, 3.05) is 28.4 Å². The number of hydrogen-bond acceptors (Lipinski definition) is 7. The van der Waals surface area contributed by atoms with E-state index in [0.29, 0.717) is 30.9 Å². The lowest BCUT2D eigenvalue weighted by Crippen LogP contribution is -2.25. The number of nitrogens with zero attached hydrogens (tertiary/aromatic N) is 1. The van der Waals surface area contributed by atoms with Gasteiger partial charge in [0.2, 0.25) is 11.2 Å². The van der Waals surface area contributed by atoms with Crippen LogP contribution in [0, 0.1) is 0 Å². The van der Waals surface area contributed by atoms with Crippen molar-refractivity contribution in [1.82, 2.24) is 4.90 Å². The van der Waals surface area contributed by atoms with Crippen LogP contribution in [-0.2, 0) is 13.0 Å². The van der Waals surface area contributed by atoms with Gasteiger partial charge in [-0.3, -0.25) is 9.69 Å². The fourth-order valence-corrected chi connectivity index (χ4v) is 4.75. The Labute approximate surface area is 198 Å². The third-order valence-corrected chi connectivity index (χ3v) is 6.45. The van der Waals surface area contributed by atoms with Gasteiger partial charge < -0.3 is 24.4 Å². The second kappa shape index (κ2) is 9.65. The molecule has 1 aliphatic rings. The number of ether oxygens (including phenoxy) is 3. The predicted octanol–water partition coefficient (Wildman–Crippen LogP) is 4.27. The second-order valence-corrected chi connectivity index (χ2v) is 8.37. The molecule has 0 amide bonds. The Morgan fingerprint density at radius 3 is 2.38 bits per heavy atom. The molecule has 0 heterocycles. The minimum Gasteiger partial charge on any atom is -0.508 e. The molecule has 3 aromatic carbocycles. The topological polar surface area (TPSA) is 88.5 Å². The Hall–Kier alpha value is -3.71. The molecule has 1 aliphatic carbocycles. The Morgan fingerprint density at radius 1 is 0.971 bits per heavy atom. The third-order valence-electron chi connectivity index (χ3n) is 6.45. The predicted molar refractivity (Wildman–Crippen MR) is 130 cm³/mol. The number of benzene rings is 2. The number of phenols is 2. The second-order valence-electron chi connectivity index (χ2n) is 8.37. The number of hydrogen-bond donors (Lipinski definition) is 2. The summed E-state index contributed by atoms with van der Waals surface area (Å²) in [7, 11) is 6.45. The van der Waals surface area contributed by atoms with Crippen LogP contribution in [0.5, 0.6) is 28.7 Å². The van der Waals surface area contributed by atoms with E-state index in [4.69, 9.17) is 14.2 Å². The van der Waals surface area contributed by atoms with Crippen molar-refractivity contribution in [2.45, 2.75) is 25.4 Å². The number of aromatic hydroxyl groups is 2. The molecule has 0 saturated carbocycles. The minimum absolute atomic E-state index is 0.0865. The maximum absolute atomic E-state index is 13.0. The van der Waals surface area contributed by atoms with E-state index in [2.05, 4.69) is 4.90 Å². The SMILES string of the molecule is COc1cc2c(c(OC)c1O)-c1ccc(OC)c(=O)cc1[C@@H](N(C)Cc1ccccc1O)CC2. The van der Waals surface area contributed by atoms with E-state index in [1.54, 1.807) is 24.3 Å². The maximum Gasteiger partial charge on any atom is 0.220 e. The summed E-state index contributed by atoms with van der Waals surface area (Å²) < 4.78 is 16.3. The summed E-state index contributed by atoms with van der Waals surface area (Å²) in [5.41, 5.74) is 3.82. The smallest absolute Gasteiger partial charge is 0.220 e. The number of methoxy groups -OCH3 is 3. The minimum atomic E-state index is -0.232. The molecule has 0 aliphatic heterocycles.